The molecule has 2 unspecified atom stereocenters. The first-order valence-electron chi connectivity index (χ1n) is 20.0. The quantitative estimate of drug-likeness (QED) is 0.0157. The van der Waals surface area contributed by atoms with E-state index in [0.29, 0.717) is 19.3 Å². The molecule has 310 valence electrons. The highest BCUT2D eigenvalue weighted by atomic mass is 31.2. The number of carbonyl (C=O) groups excluding carboxylic acids is 2. The number of allylic oxidation sites excluding steroid dienone is 11. The first kappa shape index (κ1) is 51.4. The van der Waals surface area contributed by atoms with Gasteiger partial charge in [-0.05, 0) is 70.6 Å². The summed E-state index contributed by atoms with van der Waals surface area (Å²) in [6.45, 7) is 1.98. The first-order valence-corrected chi connectivity index (χ1v) is 21.5. The van der Waals surface area contributed by atoms with E-state index in [1.807, 2.05) is 12.2 Å². The monoisotopic (exact) mass is 782 g/mol. The zero-order chi connectivity index (χ0) is 40.0. The van der Waals surface area contributed by atoms with E-state index < -0.39 is 64.5 Å². The van der Waals surface area contributed by atoms with Gasteiger partial charge in [0, 0.05) is 12.8 Å². The summed E-state index contributed by atoms with van der Waals surface area (Å²) in [6, 6.07) is 0. The molecule has 0 bridgehead atoms. The zero-order valence-corrected chi connectivity index (χ0v) is 33.9. The van der Waals surface area contributed by atoms with Crippen molar-refractivity contribution in [1.82, 2.24) is 0 Å². The second kappa shape index (κ2) is 37.3. The molecule has 0 saturated heterocycles. The number of aliphatic hydroxyl groups excluding tert-OH is 3. The molecule has 0 aliphatic heterocycles. The summed E-state index contributed by atoms with van der Waals surface area (Å²) in [5.74, 6) is -1.15. The maximum atomic E-state index is 12.6. The average Bonchev–Trinajstić information content (AvgIpc) is 3.15. The van der Waals surface area contributed by atoms with Crippen LogP contribution >= 0.6 is 7.82 Å². The number of carbonyl (C=O) groups is 2. The van der Waals surface area contributed by atoms with Gasteiger partial charge in [-0.1, -0.05) is 125 Å². The Morgan fingerprint density at radius 3 is 1.87 bits per heavy atom. The van der Waals surface area contributed by atoms with Crippen molar-refractivity contribution in [3.8, 4) is 0 Å². The Hall–Kier alpha value is -2.63. The zero-order valence-electron chi connectivity index (χ0n) is 33.0. The molecular weight excluding hydrogens is 711 g/mol. The lowest BCUT2D eigenvalue weighted by atomic mass is 10.1. The minimum atomic E-state index is -4.67. The number of ether oxygens (including phenoxy) is 2. The van der Waals surface area contributed by atoms with Gasteiger partial charge >= 0.3 is 19.8 Å². The van der Waals surface area contributed by atoms with Crippen LogP contribution in [0.5, 0.6) is 0 Å². The fourth-order valence-electron chi connectivity index (χ4n) is 4.84. The van der Waals surface area contributed by atoms with Gasteiger partial charge in [-0.15, -0.1) is 0 Å². The van der Waals surface area contributed by atoms with Gasteiger partial charge in [0.1, 0.15) is 12.7 Å². The summed E-state index contributed by atoms with van der Waals surface area (Å²) >= 11 is 0. The van der Waals surface area contributed by atoms with Crippen LogP contribution in [0.3, 0.4) is 0 Å². The molecule has 12 heteroatoms. The van der Waals surface area contributed by atoms with Crippen LogP contribution in [-0.2, 0) is 32.7 Å². The molecule has 0 radical (unpaired) electrons. The van der Waals surface area contributed by atoms with Gasteiger partial charge in [-0.25, -0.2) is 4.57 Å². The average molecular weight is 783 g/mol. The number of unbranched alkanes of at least 4 members (excludes halogenated alkanes) is 9. The molecule has 0 saturated carbocycles. The Morgan fingerprint density at radius 2 is 1.22 bits per heavy atom. The number of phosphoric ester groups is 1. The van der Waals surface area contributed by atoms with Crippen LogP contribution in [0.25, 0.3) is 0 Å². The van der Waals surface area contributed by atoms with Gasteiger partial charge in [-0.2, -0.15) is 0 Å². The molecule has 0 heterocycles. The van der Waals surface area contributed by atoms with Crippen LogP contribution in [0.2, 0.25) is 0 Å². The first-order chi connectivity index (χ1) is 26.1. The lowest BCUT2D eigenvalue weighted by Crippen LogP contribution is -2.30. The highest BCUT2D eigenvalue weighted by Gasteiger charge is 2.27. The van der Waals surface area contributed by atoms with E-state index >= 15 is 0 Å². The molecule has 0 aromatic heterocycles. The van der Waals surface area contributed by atoms with E-state index in [4.69, 9.17) is 19.1 Å². The predicted molar refractivity (Wildman–Crippen MR) is 216 cm³/mol. The van der Waals surface area contributed by atoms with Crippen LogP contribution in [-0.4, -0.2) is 76.9 Å². The largest absolute Gasteiger partial charge is 0.472 e. The van der Waals surface area contributed by atoms with Crippen molar-refractivity contribution < 1.29 is 52.9 Å². The fraction of sp³-hybridized carbons (Fsp3) is 0.667. The second-order valence-electron chi connectivity index (χ2n) is 13.1. The number of esters is 2. The number of aliphatic hydroxyl groups is 3. The number of phosphoric acid groups is 1. The maximum Gasteiger partial charge on any atom is 0.472 e. The predicted octanol–water partition coefficient (Wildman–Crippen LogP) is 9.08. The summed E-state index contributed by atoms with van der Waals surface area (Å²) in [4.78, 5) is 34.9. The van der Waals surface area contributed by atoms with Crippen molar-refractivity contribution in [2.24, 2.45) is 0 Å². The summed E-state index contributed by atoms with van der Waals surface area (Å²) in [7, 11) is -4.67. The fourth-order valence-corrected chi connectivity index (χ4v) is 5.63. The molecule has 0 aromatic carbocycles. The van der Waals surface area contributed by atoms with Crippen LogP contribution in [0.1, 0.15) is 136 Å². The van der Waals surface area contributed by atoms with Gasteiger partial charge in [0.05, 0.1) is 25.9 Å². The third-order valence-corrected chi connectivity index (χ3v) is 8.90. The van der Waals surface area contributed by atoms with Gasteiger partial charge in [0.2, 0.25) is 0 Å². The number of rotatable bonds is 36. The minimum Gasteiger partial charge on any atom is -0.462 e. The van der Waals surface area contributed by atoms with Crippen molar-refractivity contribution in [1.29, 1.82) is 0 Å². The molecule has 0 aliphatic carbocycles. The summed E-state index contributed by atoms with van der Waals surface area (Å²) < 4.78 is 32.5. The molecule has 11 nitrogen and oxygen atoms in total. The Labute approximate surface area is 325 Å². The van der Waals surface area contributed by atoms with Gasteiger partial charge in [0.25, 0.3) is 0 Å². The van der Waals surface area contributed by atoms with Crippen LogP contribution < -0.4 is 0 Å². The van der Waals surface area contributed by atoms with Crippen LogP contribution in [0, 0.1) is 0 Å². The van der Waals surface area contributed by atoms with E-state index in [1.165, 1.54) is 25.7 Å². The van der Waals surface area contributed by atoms with Crippen molar-refractivity contribution >= 4 is 19.8 Å². The molecule has 4 N–H and O–H groups in total. The number of hydrogen-bond acceptors (Lipinski definition) is 10. The Morgan fingerprint density at radius 1 is 0.648 bits per heavy atom. The lowest BCUT2D eigenvalue weighted by Gasteiger charge is -2.20. The molecule has 54 heavy (non-hydrogen) atoms. The maximum absolute atomic E-state index is 12.6. The van der Waals surface area contributed by atoms with Crippen LogP contribution in [0.4, 0.5) is 0 Å². The van der Waals surface area contributed by atoms with Gasteiger partial charge < -0.3 is 29.7 Å². The van der Waals surface area contributed by atoms with E-state index in [2.05, 4.69) is 67.0 Å². The van der Waals surface area contributed by atoms with Crippen molar-refractivity contribution in [3.05, 3.63) is 72.9 Å². The summed E-state index contributed by atoms with van der Waals surface area (Å²) in [5, 5.41) is 28.5. The highest BCUT2D eigenvalue weighted by molar-refractivity contribution is 7.47. The summed E-state index contributed by atoms with van der Waals surface area (Å²) in [5.41, 5.74) is 0. The molecule has 0 rings (SSSR count). The normalized spacial score (nSPS) is 15.3. The van der Waals surface area contributed by atoms with E-state index in [9.17, 15) is 29.3 Å². The molecule has 0 amide bonds. The van der Waals surface area contributed by atoms with E-state index in [0.717, 1.165) is 64.2 Å². The Balaban J connectivity index is 4.59. The highest BCUT2D eigenvalue weighted by Crippen LogP contribution is 2.43. The molecule has 0 spiro atoms. The van der Waals surface area contributed by atoms with Gasteiger partial charge in [-0.3, -0.25) is 18.6 Å². The molecule has 4 atom stereocenters. The smallest absolute Gasteiger partial charge is 0.462 e. The Kier molecular flexibility index (Phi) is 35.5. The van der Waals surface area contributed by atoms with E-state index in [1.54, 1.807) is 12.2 Å². The topological polar surface area (TPSA) is 169 Å². The van der Waals surface area contributed by atoms with Crippen molar-refractivity contribution in [2.45, 2.75) is 154 Å². The second-order valence-corrected chi connectivity index (χ2v) is 14.6. The third kappa shape index (κ3) is 36.4. The lowest BCUT2D eigenvalue weighted by molar-refractivity contribution is -0.161. The van der Waals surface area contributed by atoms with Gasteiger partial charge in [0.15, 0.2) is 6.10 Å². The molecule has 0 aromatic rings. The SMILES string of the molecule is CC/C=C\C/C=C\C/C=C\C/C=C\C=C\C(O)CCCC(=O)O[C@H](COC(=O)CCCCCCC/C=C\CCCCCC)COP(=O)(O)OC[C@@H](O)CO. The minimum absolute atomic E-state index is 0.0515. The van der Waals surface area contributed by atoms with Crippen LogP contribution in [0.15, 0.2) is 72.9 Å². The number of hydrogen-bond donors (Lipinski definition) is 4. The molecular formula is C42H71O11P. The van der Waals surface area contributed by atoms with Crippen molar-refractivity contribution in [3.63, 3.8) is 0 Å². The standard InChI is InChI=1S/C42H71O11P/c1-3-5-7-9-11-13-15-17-19-21-23-25-27-30-38(44)31-29-33-42(47)53-40(37-52-54(48,49)51-35-39(45)34-43)36-50-41(46)32-28-26-24-22-20-18-16-14-12-10-8-6-4-2/h5,7,11,13-14,16-17,19,23,25,27,30,38-40,43-45H,3-4,6,8-10,12,15,18,20-22,24,26,28-29,31-37H2,1-2H3,(H,48,49)/b7-5-,13-11-,16-14-,19-17-,25-23-,30-27+/t38?,39-,40+/m0/s1. The molecule has 0 fully saturated rings. The molecule has 0 aliphatic rings. The van der Waals surface area contributed by atoms with Crippen molar-refractivity contribution in [2.75, 3.05) is 26.4 Å². The summed E-state index contributed by atoms with van der Waals surface area (Å²) in [6.07, 6.45) is 37.6. The third-order valence-electron chi connectivity index (χ3n) is 7.95. The Bertz CT molecular complexity index is 1150. The van der Waals surface area contributed by atoms with E-state index in [-0.39, 0.29) is 12.8 Å².